The van der Waals surface area contributed by atoms with Crippen molar-refractivity contribution < 1.29 is 42.2 Å². The van der Waals surface area contributed by atoms with Crippen LogP contribution in [0.5, 0.6) is 0 Å². The van der Waals surface area contributed by atoms with E-state index in [4.69, 9.17) is 0 Å². The number of rotatable bonds is 12. The number of amides is 3. The van der Waals surface area contributed by atoms with Gasteiger partial charge in [-0.3, -0.25) is 23.9 Å². The van der Waals surface area contributed by atoms with E-state index in [0.29, 0.717) is 13.0 Å². The number of ether oxygens (including phenoxy) is 1. The third-order valence-electron chi connectivity index (χ3n) is 4.80. The zero-order valence-electron chi connectivity index (χ0n) is 17.8. The molecule has 0 aliphatic carbocycles. The Morgan fingerprint density at radius 3 is 2.29 bits per heavy atom. The van der Waals surface area contributed by atoms with Crippen LogP contribution in [-0.2, 0) is 23.9 Å². The van der Waals surface area contributed by atoms with Crippen LogP contribution in [0.15, 0.2) is 0 Å². The number of nitrogens with one attached hydrogen (secondary N) is 3. The van der Waals surface area contributed by atoms with Crippen LogP contribution in [0.3, 0.4) is 0 Å². The number of alkyl halides is 3. The summed E-state index contributed by atoms with van der Waals surface area (Å²) >= 11 is 0. The van der Waals surface area contributed by atoms with E-state index in [1.165, 1.54) is 0 Å². The first-order chi connectivity index (χ1) is 14.3. The Hall–Kier alpha value is -2.21. The number of carbonyl (C=O) groups is 4. The zero-order chi connectivity index (χ0) is 23.8. The Morgan fingerprint density at radius 2 is 1.81 bits per heavy atom. The Labute approximate surface area is 178 Å². The molecule has 1 saturated heterocycles. The maximum atomic E-state index is 12.8. The van der Waals surface area contributed by atoms with Crippen LogP contribution in [0.1, 0.15) is 46.5 Å². The topological polar surface area (TPSA) is 134 Å². The second-order valence-electron chi connectivity index (χ2n) is 7.89. The van der Waals surface area contributed by atoms with E-state index in [-0.39, 0.29) is 31.1 Å². The Morgan fingerprint density at radius 1 is 1.19 bits per heavy atom. The lowest BCUT2D eigenvalue weighted by atomic mass is 9.95. The monoisotopic (exact) mass is 453 g/mol. The molecule has 4 N–H and O–H groups in total. The number of ketones is 1. The number of Topliss-reactive ketones (excluding diaryl/α,β-unsaturated/α-hetero) is 1. The molecule has 0 radical (unpaired) electrons. The fraction of sp³-hybridized carbons (Fsp3) is 0.789. The summed E-state index contributed by atoms with van der Waals surface area (Å²) in [5.74, 6) is -3.69. The SMILES string of the molecule is CC[C@@H](O)C(=O)N[C@@H](CC(C)C)C(=O)N[C@@H](C[C@@H]1CCNC1=O)C(=O)COC(F)(F)F. The lowest BCUT2D eigenvalue weighted by molar-refractivity contribution is -0.321. The lowest BCUT2D eigenvalue weighted by Gasteiger charge is -2.25. The quantitative estimate of drug-likeness (QED) is 0.338. The number of hydrogen-bond acceptors (Lipinski definition) is 6. The fourth-order valence-electron chi connectivity index (χ4n) is 3.11. The van der Waals surface area contributed by atoms with Gasteiger partial charge in [-0.2, -0.15) is 0 Å². The molecule has 1 fully saturated rings. The van der Waals surface area contributed by atoms with Gasteiger partial charge in [-0.05, 0) is 31.6 Å². The van der Waals surface area contributed by atoms with E-state index in [0.717, 1.165) is 0 Å². The summed E-state index contributed by atoms with van der Waals surface area (Å²) in [6, 6.07) is -2.53. The molecular weight excluding hydrogens is 423 g/mol. The predicted molar refractivity (Wildman–Crippen MR) is 102 cm³/mol. The lowest BCUT2D eigenvalue weighted by Crippen LogP contribution is -2.54. The minimum Gasteiger partial charge on any atom is -0.383 e. The molecule has 1 aliphatic rings. The highest BCUT2D eigenvalue weighted by molar-refractivity contribution is 5.94. The molecule has 3 amide bonds. The number of aliphatic hydroxyl groups is 1. The normalized spacial score (nSPS) is 19.5. The van der Waals surface area contributed by atoms with E-state index in [2.05, 4.69) is 20.7 Å². The van der Waals surface area contributed by atoms with Crippen molar-refractivity contribution in [3.63, 3.8) is 0 Å². The number of hydrogen-bond donors (Lipinski definition) is 4. The second kappa shape index (κ2) is 12.0. The summed E-state index contributed by atoms with van der Waals surface area (Å²) in [5.41, 5.74) is 0. The molecule has 0 unspecified atom stereocenters. The van der Waals surface area contributed by atoms with Crippen molar-refractivity contribution in [3.8, 4) is 0 Å². The Kier molecular flexibility index (Phi) is 10.4. The van der Waals surface area contributed by atoms with Crippen molar-refractivity contribution in [2.75, 3.05) is 13.2 Å². The van der Waals surface area contributed by atoms with Gasteiger partial charge in [0.15, 0.2) is 5.78 Å². The standard InChI is InChI=1S/C19H30F3N3O6/c1-4-14(26)18(30)25-13(7-10(2)3)17(29)24-12(8-11-5-6-23-16(11)28)15(27)9-31-19(20,21)22/h10-14,26H,4-9H2,1-3H3,(H,23,28)(H,24,29)(H,25,30)/t11-,12-,13-,14+/m0/s1. The molecule has 0 aromatic heterocycles. The summed E-state index contributed by atoms with van der Waals surface area (Å²) in [6.45, 7) is 4.18. The third kappa shape index (κ3) is 9.64. The molecule has 178 valence electrons. The minimum atomic E-state index is -5.03. The molecule has 0 aromatic carbocycles. The zero-order valence-corrected chi connectivity index (χ0v) is 17.8. The van der Waals surface area contributed by atoms with Crippen molar-refractivity contribution in [2.24, 2.45) is 11.8 Å². The van der Waals surface area contributed by atoms with Crippen molar-refractivity contribution in [2.45, 2.75) is 71.0 Å². The average Bonchev–Trinajstić information content (AvgIpc) is 3.07. The van der Waals surface area contributed by atoms with E-state index in [9.17, 15) is 37.5 Å². The molecule has 12 heteroatoms. The van der Waals surface area contributed by atoms with Gasteiger partial charge in [-0.25, -0.2) is 0 Å². The fourth-order valence-corrected chi connectivity index (χ4v) is 3.11. The second-order valence-corrected chi connectivity index (χ2v) is 7.89. The van der Waals surface area contributed by atoms with Crippen molar-refractivity contribution in [3.05, 3.63) is 0 Å². The van der Waals surface area contributed by atoms with E-state index in [1.807, 2.05) is 0 Å². The van der Waals surface area contributed by atoms with Crippen LogP contribution in [0.25, 0.3) is 0 Å². The van der Waals surface area contributed by atoms with Crippen LogP contribution < -0.4 is 16.0 Å². The minimum absolute atomic E-state index is 0.0573. The van der Waals surface area contributed by atoms with Gasteiger partial charge in [-0.1, -0.05) is 20.8 Å². The third-order valence-corrected chi connectivity index (χ3v) is 4.80. The van der Waals surface area contributed by atoms with Crippen molar-refractivity contribution >= 4 is 23.5 Å². The molecule has 0 bridgehead atoms. The maximum absolute atomic E-state index is 12.8. The van der Waals surface area contributed by atoms with Crippen LogP contribution in [0.4, 0.5) is 13.2 Å². The molecule has 0 aromatic rings. The summed E-state index contributed by atoms with van der Waals surface area (Å²) in [6.07, 6.45) is -5.90. The highest BCUT2D eigenvalue weighted by atomic mass is 19.4. The molecule has 1 aliphatic heterocycles. The van der Waals surface area contributed by atoms with E-state index in [1.54, 1.807) is 20.8 Å². The molecule has 4 atom stereocenters. The van der Waals surface area contributed by atoms with Crippen LogP contribution in [0, 0.1) is 11.8 Å². The first-order valence-electron chi connectivity index (χ1n) is 10.1. The van der Waals surface area contributed by atoms with E-state index < -0.39 is 54.7 Å². The molecule has 0 spiro atoms. The van der Waals surface area contributed by atoms with Gasteiger partial charge in [-0.15, -0.1) is 13.2 Å². The van der Waals surface area contributed by atoms with Gasteiger partial charge in [0.2, 0.25) is 17.7 Å². The largest absolute Gasteiger partial charge is 0.522 e. The first kappa shape index (κ1) is 26.8. The summed E-state index contributed by atoms with van der Waals surface area (Å²) in [5, 5.41) is 17.0. The van der Waals surface area contributed by atoms with Gasteiger partial charge in [0.25, 0.3) is 0 Å². The summed E-state index contributed by atoms with van der Waals surface area (Å²) < 4.78 is 40.6. The molecule has 31 heavy (non-hydrogen) atoms. The van der Waals surface area contributed by atoms with Gasteiger partial charge >= 0.3 is 6.36 Å². The Balaban J connectivity index is 2.95. The van der Waals surface area contributed by atoms with Gasteiger partial charge in [0.1, 0.15) is 18.8 Å². The molecule has 0 saturated carbocycles. The van der Waals surface area contributed by atoms with E-state index >= 15 is 0 Å². The molecule has 9 nitrogen and oxygen atoms in total. The summed E-state index contributed by atoms with van der Waals surface area (Å²) in [4.78, 5) is 49.0. The number of halogens is 3. The Bertz CT molecular complexity index is 656. The van der Waals surface area contributed by atoms with Gasteiger partial charge in [0.05, 0.1) is 6.04 Å². The molecule has 1 heterocycles. The van der Waals surface area contributed by atoms with Gasteiger partial charge in [0, 0.05) is 12.5 Å². The highest BCUT2D eigenvalue weighted by Gasteiger charge is 2.36. The molecular formula is C19H30F3N3O6. The molecule has 1 rings (SSSR count). The van der Waals surface area contributed by atoms with Crippen molar-refractivity contribution in [1.29, 1.82) is 0 Å². The first-order valence-corrected chi connectivity index (χ1v) is 10.1. The number of carbonyl (C=O) groups excluding carboxylic acids is 4. The van der Waals surface area contributed by atoms with Gasteiger partial charge < -0.3 is 21.1 Å². The average molecular weight is 453 g/mol. The smallest absolute Gasteiger partial charge is 0.383 e. The van der Waals surface area contributed by atoms with Crippen molar-refractivity contribution in [1.82, 2.24) is 16.0 Å². The number of aliphatic hydroxyl groups excluding tert-OH is 1. The predicted octanol–water partition coefficient (Wildman–Crippen LogP) is 0.405. The highest BCUT2D eigenvalue weighted by Crippen LogP contribution is 2.19. The van der Waals surface area contributed by atoms with Crippen LogP contribution >= 0.6 is 0 Å². The maximum Gasteiger partial charge on any atom is 0.522 e. The summed E-state index contributed by atoms with van der Waals surface area (Å²) in [7, 11) is 0. The van der Waals surface area contributed by atoms with Crippen LogP contribution in [0.2, 0.25) is 0 Å². The van der Waals surface area contributed by atoms with Crippen LogP contribution in [-0.4, -0.2) is 66.3 Å².